The molecule has 0 aliphatic carbocycles. The number of nitrogens with one attached hydrogen (secondary N) is 1. The minimum absolute atomic E-state index is 0.235. The molecule has 0 saturated carbocycles. The molecule has 64 valence electrons. The summed E-state index contributed by atoms with van der Waals surface area (Å²) in [6, 6.07) is 0.419. The standard InChI is InChI=1S/C9H17NO/c1-5(2)7-8(6(3)4)10-9(7)11/h5-8H,1-4H3,(H,10,11). The second-order valence-corrected chi connectivity index (χ2v) is 4.05. The summed E-state index contributed by atoms with van der Waals surface area (Å²) in [5.74, 6) is 1.55. The lowest BCUT2D eigenvalue weighted by Gasteiger charge is -2.41. The quantitative estimate of drug-likeness (QED) is 0.600. The van der Waals surface area contributed by atoms with Crippen molar-refractivity contribution in [1.29, 1.82) is 0 Å². The van der Waals surface area contributed by atoms with Crippen LogP contribution in [0.15, 0.2) is 0 Å². The minimum atomic E-state index is 0.235. The molecule has 11 heavy (non-hydrogen) atoms. The highest BCUT2D eigenvalue weighted by atomic mass is 16.2. The van der Waals surface area contributed by atoms with Crippen LogP contribution in [0.1, 0.15) is 27.7 Å². The molecule has 0 aromatic rings. The van der Waals surface area contributed by atoms with Gasteiger partial charge in [-0.25, -0.2) is 0 Å². The van der Waals surface area contributed by atoms with Crippen molar-refractivity contribution in [3.05, 3.63) is 0 Å². The van der Waals surface area contributed by atoms with E-state index in [1.807, 2.05) is 0 Å². The fraction of sp³-hybridized carbons (Fsp3) is 0.889. The second kappa shape index (κ2) is 2.84. The topological polar surface area (TPSA) is 29.1 Å². The maximum absolute atomic E-state index is 11.1. The lowest BCUT2D eigenvalue weighted by molar-refractivity contribution is -0.138. The molecule has 2 atom stereocenters. The van der Waals surface area contributed by atoms with Crippen molar-refractivity contribution >= 4 is 5.91 Å². The first kappa shape index (κ1) is 8.57. The van der Waals surface area contributed by atoms with Crippen LogP contribution in [-0.4, -0.2) is 11.9 Å². The summed E-state index contributed by atoms with van der Waals surface area (Å²) in [5, 5.41) is 2.93. The first-order chi connectivity index (χ1) is 5.04. The van der Waals surface area contributed by atoms with Gasteiger partial charge in [0.05, 0.1) is 5.92 Å². The first-order valence-electron chi connectivity index (χ1n) is 4.34. The maximum atomic E-state index is 11.1. The Kier molecular flexibility index (Phi) is 2.21. The van der Waals surface area contributed by atoms with E-state index >= 15 is 0 Å². The molecule has 0 radical (unpaired) electrons. The molecule has 1 saturated heterocycles. The van der Waals surface area contributed by atoms with Crippen molar-refractivity contribution in [2.24, 2.45) is 17.8 Å². The fourth-order valence-corrected chi connectivity index (χ4v) is 1.72. The Hall–Kier alpha value is -0.530. The number of rotatable bonds is 2. The van der Waals surface area contributed by atoms with Crippen LogP contribution in [0.2, 0.25) is 0 Å². The van der Waals surface area contributed by atoms with Crippen LogP contribution >= 0.6 is 0 Å². The van der Waals surface area contributed by atoms with Crippen molar-refractivity contribution in [3.8, 4) is 0 Å². The van der Waals surface area contributed by atoms with Crippen molar-refractivity contribution in [2.45, 2.75) is 33.7 Å². The summed E-state index contributed by atoms with van der Waals surface area (Å²) < 4.78 is 0. The lowest BCUT2D eigenvalue weighted by atomic mass is 9.76. The number of carbonyl (C=O) groups excluding carboxylic acids is 1. The molecule has 0 bridgehead atoms. The normalized spacial score (nSPS) is 30.5. The van der Waals surface area contributed by atoms with Crippen LogP contribution in [0, 0.1) is 17.8 Å². The van der Waals surface area contributed by atoms with E-state index in [4.69, 9.17) is 0 Å². The zero-order chi connectivity index (χ0) is 8.59. The zero-order valence-corrected chi connectivity index (χ0v) is 7.72. The third-order valence-corrected chi connectivity index (χ3v) is 2.44. The molecule has 1 aliphatic heterocycles. The Morgan fingerprint density at radius 3 is 1.91 bits per heavy atom. The number of amides is 1. The van der Waals surface area contributed by atoms with Gasteiger partial charge < -0.3 is 5.32 Å². The number of β-lactam (4-membered cyclic amide) rings is 1. The first-order valence-corrected chi connectivity index (χ1v) is 4.34. The summed E-state index contributed by atoms with van der Waals surface area (Å²) in [5.41, 5.74) is 0. The molecule has 0 spiro atoms. The Morgan fingerprint density at radius 1 is 1.18 bits per heavy atom. The zero-order valence-electron chi connectivity index (χ0n) is 7.72. The van der Waals surface area contributed by atoms with Crippen molar-refractivity contribution in [2.75, 3.05) is 0 Å². The molecule has 2 nitrogen and oxygen atoms in total. The molecule has 0 aromatic carbocycles. The molecule has 0 aromatic heterocycles. The Balaban J connectivity index is 2.55. The average molecular weight is 155 g/mol. The van der Waals surface area contributed by atoms with Crippen molar-refractivity contribution in [1.82, 2.24) is 5.32 Å². The van der Waals surface area contributed by atoms with Crippen LogP contribution in [0.25, 0.3) is 0 Å². The van der Waals surface area contributed by atoms with Gasteiger partial charge in [-0.05, 0) is 11.8 Å². The highest BCUT2D eigenvalue weighted by molar-refractivity contribution is 5.86. The molecule has 1 heterocycles. The molecule has 1 fully saturated rings. The molecule has 1 N–H and O–H groups in total. The van der Waals surface area contributed by atoms with Gasteiger partial charge in [-0.15, -0.1) is 0 Å². The van der Waals surface area contributed by atoms with Gasteiger partial charge in [0.15, 0.2) is 0 Å². The molecule has 1 rings (SSSR count). The van der Waals surface area contributed by atoms with Crippen LogP contribution in [0.3, 0.4) is 0 Å². The van der Waals surface area contributed by atoms with Gasteiger partial charge in [0.1, 0.15) is 0 Å². The molecule has 2 unspecified atom stereocenters. The van der Waals surface area contributed by atoms with Crippen molar-refractivity contribution in [3.63, 3.8) is 0 Å². The van der Waals surface area contributed by atoms with E-state index in [0.717, 1.165) is 0 Å². The largest absolute Gasteiger partial charge is 0.352 e. The monoisotopic (exact) mass is 155 g/mol. The highest BCUT2D eigenvalue weighted by Gasteiger charge is 2.42. The van der Waals surface area contributed by atoms with Crippen molar-refractivity contribution < 1.29 is 4.79 Å². The predicted molar refractivity (Wildman–Crippen MR) is 45.1 cm³/mol. The number of hydrogen-bond acceptors (Lipinski definition) is 1. The predicted octanol–water partition coefficient (Wildman–Crippen LogP) is 1.41. The van der Waals surface area contributed by atoms with Crippen LogP contribution in [-0.2, 0) is 4.79 Å². The summed E-state index contributed by atoms with van der Waals surface area (Å²) in [6.07, 6.45) is 0. The molecule has 1 aliphatic rings. The highest BCUT2D eigenvalue weighted by Crippen LogP contribution is 2.28. The number of carbonyl (C=O) groups is 1. The van der Waals surface area contributed by atoms with E-state index < -0.39 is 0 Å². The Morgan fingerprint density at radius 2 is 1.73 bits per heavy atom. The summed E-state index contributed by atoms with van der Waals surface area (Å²) in [7, 11) is 0. The fourth-order valence-electron chi connectivity index (χ4n) is 1.72. The van der Waals surface area contributed by atoms with Gasteiger partial charge in [-0.3, -0.25) is 4.79 Å². The van der Waals surface area contributed by atoms with Crippen LogP contribution in [0.5, 0.6) is 0 Å². The summed E-state index contributed by atoms with van der Waals surface area (Å²) in [4.78, 5) is 11.1. The van der Waals surface area contributed by atoms with E-state index in [2.05, 4.69) is 33.0 Å². The van der Waals surface area contributed by atoms with Gasteiger partial charge in [0, 0.05) is 6.04 Å². The summed E-state index contributed by atoms with van der Waals surface area (Å²) in [6.45, 7) is 8.52. The summed E-state index contributed by atoms with van der Waals surface area (Å²) >= 11 is 0. The Labute approximate surface area is 68.4 Å². The van der Waals surface area contributed by atoms with Crippen LogP contribution in [0.4, 0.5) is 0 Å². The maximum Gasteiger partial charge on any atom is 0.225 e. The molecule has 2 heteroatoms. The van der Waals surface area contributed by atoms with Gasteiger partial charge in [-0.1, -0.05) is 27.7 Å². The molecule has 1 amide bonds. The van der Waals surface area contributed by atoms with E-state index in [0.29, 0.717) is 17.9 Å². The second-order valence-electron chi connectivity index (χ2n) is 4.05. The van der Waals surface area contributed by atoms with Gasteiger partial charge in [-0.2, -0.15) is 0 Å². The minimum Gasteiger partial charge on any atom is -0.352 e. The number of hydrogen-bond donors (Lipinski definition) is 1. The third-order valence-electron chi connectivity index (χ3n) is 2.44. The smallest absolute Gasteiger partial charge is 0.225 e. The van der Waals surface area contributed by atoms with E-state index in [1.54, 1.807) is 0 Å². The molecular weight excluding hydrogens is 138 g/mol. The third kappa shape index (κ3) is 1.39. The SMILES string of the molecule is CC(C)C1NC(=O)C1C(C)C. The van der Waals surface area contributed by atoms with Crippen LogP contribution < -0.4 is 5.32 Å². The van der Waals surface area contributed by atoms with E-state index in [-0.39, 0.29) is 11.8 Å². The van der Waals surface area contributed by atoms with E-state index in [9.17, 15) is 4.79 Å². The average Bonchev–Trinajstić information content (AvgIpc) is 1.80. The lowest BCUT2D eigenvalue weighted by Crippen LogP contribution is -2.62. The van der Waals surface area contributed by atoms with Gasteiger partial charge in [0.2, 0.25) is 5.91 Å². The Bertz CT molecular complexity index is 163. The van der Waals surface area contributed by atoms with E-state index in [1.165, 1.54) is 0 Å². The molecular formula is C9H17NO. The van der Waals surface area contributed by atoms with Gasteiger partial charge in [0.25, 0.3) is 0 Å². The van der Waals surface area contributed by atoms with Gasteiger partial charge >= 0.3 is 0 Å².